The average molecular weight is 325 g/mol. The molecular formula is C16H21ClN2O3. The third-order valence-electron chi connectivity index (χ3n) is 3.94. The largest absolute Gasteiger partial charge is 0.481 e. The first kappa shape index (κ1) is 16.6. The number of amides is 2. The number of primary amides is 1. The summed E-state index contributed by atoms with van der Waals surface area (Å²) >= 11 is 5.89. The van der Waals surface area contributed by atoms with Gasteiger partial charge in [0.05, 0.1) is 5.92 Å². The predicted octanol–water partition coefficient (Wildman–Crippen LogP) is 2.27. The monoisotopic (exact) mass is 324 g/mol. The number of rotatable bonds is 5. The highest BCUT2D eigenvalue weighted by atomic mass is 35.5. The lowest BCUT2D eigenvalue weighted by Gasteiger charge is -2.30. The quantitative estimate of drug-likeness (QED) is 0.871. The Balaban J connectivity index is 1.94. The lowest BCUT2D eigenvalue weighted by atomic mass is 9.84. The van der Waals surface area contributed by atoms with Gasteiger partial charge < -0.3 is 15.8 Å². The summed E-state index contributed by atoms with van der Waals surface area (Å²) in [4.78, 5) is 23.7. The van der Waals surface area contributed by atoms with Crippen LogP contribution >= 0.6 is 11.6 Å². The molecule has 6 heteroatoms. The van der Waals surface area contributed by atoms with Crippen molar-refractivity contribution >= 4 is 23.4 Å². The molecule has 0 aliphatic heterocycles. The number of ether oxygens (including phenoxy) is 1. The minimum absolute atomic E-state index is 0.204. The number of carbonyl (C=O) groups is 2. The van der Waals surface area contributed by atoms with Crippen LogP contribution in [-0.2, 0) is 9.59 Å². The maximum Gasteiger partial charge on any atom is 0.261 e. The molecule has 3 atom stereocenters. The van der Waals surface area contributed by atoms with Crippen molar-refractivity contribution in [3.8, 4) is 5.75 Å². The van der Waals surface area contributed by atoms with Crippen LogP contribution in [0.15, 0.2) is 24.3 Å². The van der Waals surface area contributed by atoms with Crippen LogP contribution in [-0.4, -0.2) is 24.0 Å². The molecule has 1 aliphatic rings. The number of nitrogens with one attached hydrogen (secondary N) is 1. The Labute approximate surface area is 135 Å². The van der Waals surface area contributed by atoms with Crippen molar-refractivity contribution in [2.75, 3.05) is 0 Å². The van der Waals surface area contributed by atoms with Gasteiger partial charge in [0.25, 0.3) is 5.91 Å². The van der Waals surface area contributed by atoms with Crippen LogP contribution in [0.2, 0.25) is 5.02 Å². The minimum atomic E-state index is -0.672. The van der Waals surface area contributed by atoms with Gasteiger partial charge in [0, 0.05) is 11.1 Å². The number of carbonyl (C=O) groups excluding carboxylic acids is 2. The number of hydrogen-bond donors (Lipinski definition) is 2. The molecule has 0 bridgehead atoms. The predicted molar refractivity (Wildman–Crippen MR) is 84.6 cm³/mol. The maximum absolute atomic E-state index is 12.2. The Kier molecular flexibility index (Phi) is 5.66. The van der Waals surface area contributed by atoms with Gasteiger partial charge in [-0.3, -0.25) is 9.59 Å². The van der Waals surface area contributed by atoms with E-state index >= 15 is 0 Å². The van der Waals surface area contributed by atoms with Crippen LogP contribution in [0.3, 0.4) is 0 Å². The van der Waals surface area contributed by atoms with Crippen molar-refractivity contribution in [3.05, 3.63) is 29.3 Å². The SMILES string of the molecule is C[C@H](Oc1cccc(Cl)c1)C(=O)N[C@H]1CCCC[C@@H]1C(N)=O. The highest BCUT2D eigenvalue weighted by Crippen LogP contribution is 2.24. The van der Waals surface area contributed by atoms with Crippen molar-refractivity contribution < 1.29 is 14.3 Å². The van der Waals surface area contributed by atoms with E-state index in [1.807, 2.05) is 0 Å². The Morgan fingerprint density at radius 3 is 2.77 bits per heavy atom. The van der Waals surface area contributed by atoms with Gasteiger partial charge in [-0.1, -0.05) is 30.5 Å². The molecule has 2 amide bonds. The van der Waals surface area contributed by atoms with E-state index in [-0.39, 0.29) is 23.8 Å². The van der Waals surface area contributed by atoms with Crippen molar-refractivity contribution in [2.24, 2.45) is 11.7 Å². The van der Waals surface area contributed by atoms with E-state index < -0.39 is 6.10 Å². The molecule has 22 heavy (non-hydrogen) atoms. The van der Waals surface area contributed by atoms with E-state index in [0.717, 1.165) is 25.7 Å². The highest BCUT2D eigenvalue weighted by Gasteiger charge is 2.31. The van der Waals surface area contributed by atoms with Crippen LogP contribution < -0.4 is 15.8 Å². The molecule has 3 N–H and O–H groups in total. The summed E-state index contributed by atoms with van der Waals surface area (Å²) in [5.41, 5.74) is 5.41. The Morgan fingerprint density at radius 2 is 2.09 bits per heavy atom. The second-order valence-electron chi connectivity index (χ2n) is 5.63. The first-order chi connectivity index (χ1) is 10.5. The molecule has 1 aliphatic carbocycles. The summed E-state index contributed by atoms with van der Waals surface area (Å²) in [6.45, 7) is 1.67. The summed E-state index contributed by atoms with van der Waals surface area (Å²) in [5.74, 6) is -0.368. The molecule has 120 valence electrons. The molecule has 1 aromatic rings. The minimum Gasteiger partial charge on any atom is -0.481 e. The fraction of sp³-hybridized carbons (Fsp3) is 0.500. The van der Waals surface area contributed by atoms with Crippen molar-refractivity contribution in [2.45, 2.75) is 44.8 Å². The summed E-state index contributed by atoms with van der Waals surface area (Å²) in [5, 5.41) is 3.43. The molecule has 0 aromatic heterocycles. The van der Waals surface area contributed by atoms with Crippen LogP contribution in [0.1, 0.15) is 32.6 Å². The van der Waals surface area contributed by atoms with Gasteiger partial charge in [-0.25, -0.2) is 0 Å². The zero-order valence-electron chi connectivity index (χ0n) is 12.5. The Morgan fingerprint density at radius 1 is 1.36 bits per heavy atom. The molecule has 0 unspecified atom stereocenters. The topological polar surface area (TPSA) is 81.4 Å². The van der Waals surface area contributed by atoms with Gasteiger partial charge in [-0.05, 0) is 38.0 Å². The summed E-state index contributed by atoms with van der Waals surface area (Å²) in [6, 6.07) is 6.68. The lowest BCUT2D eigenvalue weighted by molar-refractivity contribution is -0.130. The first-order valence-electron chi connectivity index (χ1n) is 7.49. The molecule has 1 aromatic carbocycles. The Bertz CT molecular complexity index is 550. The van der Waals surface area contributed by atoms with Crippen molar-refractivity contribution in [1.29, 1.82) is 0 Å². The molecule has 2 rings (SSSR count). The van der Waals surface area contributed by atoms with Gasteiger partial charge in [0.2, 0.25) is 5.91 Å². The smallest absolute Gasteiger partial charge is 0.261 e. The van der Waals surface area contributed by atoms with E-state index in [1.165, 1.54) is 0 Å². The van der Waals surface area contributed by atoms with Crippen LogP contribution in [0.5, 0.6) is 5.75 Å². The molecular weight excluding hydrogens is 304 g/mol. The second kappa shape index (κ2) is 7.49. The van der Waals surface area contributed by atoms with Gasteiger partial charge in [0.15, 0.2) is 6.10 Å². The first-order valence-corrected chi connectivity index (χ1v) is 7.87. The van der Waals surface area contributed by atoms with E-state index in [1.54, 1.807) is 31.2 Å². The molecule has 0 heterocycles. The third kappa shape index (κ3) is 4.37. The zero-order chi connectivity index (χ0) is 16.1. The fourth-order valence-electron chi connectivity index (χ4n) is 2.74. The maximum atomic E-state index is 12.2. The number of nitrogens with two attached hydrogens (primary N) is 1. The van der Waals surface area contributed by atoms with E-state index in [2.05, 4.69) is 5.32 Å². The third-order valence-corrected chi connectivity index (χ3v) is 4.17. The molecule has 5 nitrogen and oxygen atoms in total. The van der Waals surface area contributed by atoms with Crippen molar-refractivity contribution in [3.63, 3.8) is 0 Å². The van der Waals surface area contributed by atoms with Crippen LogP contribution in [0.4, 0.5) is 0 Å². The molecule has 0 radical (unpaired) electrons. The zero-order valence-corrected chi connectivity index (χ0v) is 13.3. The van der Waals surface area contributed by atoms with E-state index in [4.69, 9.17) is 22.1 Å². The molecule has 0 spiro atoms. The van der Waals surface area contributed by atoms with Gasteiger partial charge in [-0.2, -0.15) is 0 Å². The van der Waals surface area contributed by atoms with Crippen LogP contribution in [0, 0.1) is 5.92 Å². The highest BCUT2D eigenvalue weighted by molar-refractivity contribution is 6.30. The standard InChI is InChI=1S/C16H21ClN2O3/c1-10(22-12-6-4-5-11(17)9-12)16(21)19-14-8-3-2-7-13(14)15(18)20/h4-6,9-10,13-14H,2-3,7-8H2,1H3,(H2,18,20)(H,19,21)/t10-,13-,14-/m0/s1. The fourth-order valence-corrected chi connectivity index (χ4v) is 2.92. The number of hydrogen-bond acceptors (Lipinski definition) is 3. The lowest BCUT2D eigenvalue weighted by Crippen LogP contribution is -2.50. The average Bonchev–Trinajstić information content (AvgIpc) is 2.47. The summed E-state index contributed by atoms with van der Waals surface area (Å²) in [6.07, 6.45) is 2.77. The van der Waals surface area contributed by atoms with Crippen LogP contribution in [0.25, 0.3) is 0 Å². The van der Waals surface area contributed by atoms with Crippen molar-refractivity contribution in [1.82, 2.24) is 5.32 Å². The summed E-state index contributed by atoms with van der Waals surface area (Å²) in [7, 11) is 0. The second-order valence-corrected chi connectivity index (χ2v) is 6.06. The number of benzene rings is 1. The molecule has 1 fully saturated rings. The summed E-state index contributed by atoms with van der Waals surface area (Å²) < 4.78 is 5.58. The number of halogens is 1. The molecule has 0 saturated heterocycles. The Hall–Kier alpha value is -1.75. The van der Waals surface area contributed by atoms with E-state index in [0.29, 0.717) is 10.8 Å². The normalized spacial score (nSPS) is 22.6. The van der Waals surface area contributed by atoms with Gasteiger partial charge >= 0.3 is 0 Å². The van der Waals surface area contributed by atoms with E-state index in [9.17, 15) is 9.59 Å². The molecule has 1 saturated carbocycles. The van der Waals surface area contributed by atoms with Gasteiger partial charge in [-0.15, -0.1) is 0 Å². The van der Waals surface area contributed by atoms with Gasteiger partial charge in [0.1, 0.15) is 5.75 Å².